The summed E-state index contributed by atoms with van der Waals surface area (Å²) in [6.07, 6.45) is 18.5. The van der Waals surface area contributed by atoms with E-state index in [0.29, 0.717) is 0 Å². The first-order chi connectivity index (χ1) is 28.7. The van der Waals surface area contributed by atoms with E-state index in [4.69, 9.17) is 0 Å². The molecule has 7 aromatic carbocycles. The predicted molar refractivity (Wildman–Crippen MR) is 244 cm³/mol. The summed E-state index contributed by atoms with van der Waals surface area (Å²) >= 11 is 0. The highest BCUT2D eigenvalue weighted by atomic mass is 15.2. The predicted octanol–water partition coefficient (Wildman–Crippen LogP) is 14.6. The Hall–Kier alpha value is -7.16. The topological polar surface area (TPSA) is 6.48 Å². The summed E-state index contributed by atoms with van der Waals surface area (Å²) in [7, 11) is 0. The van der Waals surface area contributed by atoms with E-state index in [1.165, 1.54) is 50.2 Å². The zero-order valence-electron chi connectivity index (χ0n) is 32.5. The molecule has 3 aliphatic rings. The Morgan fingerprint density at radius 2 is 1.10 bits per heavy atom. The number of nitrogens with zero attached hydrogens (tertiary/aromatic N) is 2. The molecule has 0 amide bonds. The highest BCUT2D eigenvalue weighted by molar-refractivity contribution is 6.00. The molecule has 2 nitrogen and oxygen atoms in total. The van der Waals surface area contributed by atoms with Gasteiger partial charge in [0.15, 0.2) is 0 Å². The first kappa shape index (κ1) is 35.3. The van der Waals surface area contributed by atoms with Crippen LogP contribution in [0.2, 0.25) is 0 Å². The summed E-state index contributed by atoms with van der Waals surface area (Å²) < 4.78 is 0. The zero-order chi connectivity index (χ0) is 38.9. The second-order valence-corrected chi connectivity index (χ2v) is 15.2. The molecule has 0 heterocycles. The molecule has 0 aromatic heterocycles. The van der Waals surface area contributed by atoms with Crippen LogP contribution in [-0.4, -0.2) is 0 Å². The van der Waals surface area contributed by atoms with E-state index in [0.717, 1.165) is 53.3 Å². The van der Waals surface area contributed by atoms with Crippen molar-refractivity contribution in [1.29, 1.82) is 0 Å². The average Bonchev–Trinajstić information content (AvgIpc) is 3.58. The van der Waals surface area contributed by atoms with Crippen LogP contribution in [0.25, 0.3) is 16.7 Å². The van der Waals surface area contributed by atoms with E-state index in [-0.39, 0.29) is 0 Å². The Morgan fingerprint density at radius 3 is 1.78 bits per heavy atom. The molecule has 0 saturated carbocycles. The lowest BCUT2D eigenvalue weighted by molar-refractivity contribution is 0.766. The van der Waals surface area contributed by atoms with Gasteiger partial charge in [-0.3, -0.25) is 0 Å². The molecule has 1 atom stereocenters. The maximum Gasteiger partial charge on any atom is 0.0715 e. The lowest BCUT2D eigenvalue weighted by Gasteiger charge is -2.37. The lowest BCUT2D eigenvalue weighted by atomic mass is 9.67. The van der Waals surface area contributed by atoms with Crippen molar-refractivity contribution in [2.24, 2.45) is 0 Å². The van der Waals surface area contributed by atoms with Gasteiger partial charge in [-0.25, -0.2) is 0 Å². The van der Waals surface area contributed by atoms with Gasteiger partial charge in [0.05, 0.1) is 11.1 Å². The van der Waals surface area contributed by atoms with Crippen molar-refractivity contribution >= 4 is 34.0 Å². The van der Waals surface area contributed by atoms with Crippen molar-refractivity contribution in [2.75, 3.05) is 9.80 Å². The summed E-state index contributed by atoms with van der Waals surface area (Å²) in [4.78, 5) is 4.91. The van der Waals surface area contributed by atoms with E-state index in [2.05, 4.69) is 235 Å². The summed E-state index contributed by atoms with van der Waals surface area (Å²) in [6, 6.07) is 64.8. The fourth-order valence-electron chi connectivity index (χ4n) is 9.36. The Balaban J connectivity index is 1.36. The van der Waals surface area contributed by atoms with Crippen LogP contribution in [0, 0.1) is 0 Å². The first-order valence-corrected chi connectivity index (χ1v) is 20.3. The van der Waals surface area contributed by atoms with Crippen LogP contribution >= 0.6 is 0 Å². The molecule has 7 aromatic rings. The highest BCUT2D eigenvalue weighted by Crippen LogP contribution is 2.61. The Bertz CT molecular complexity index is 2720. The van der Waals surface area contributed by atoms with Gasteiger partial charge in [-0.2, -0.15) is 0 Å². The third-order valence-corrected chi connectivity index (χ3v) is 11.9. The van der Waals surface area contributed by atoms with Crippen LogP contribution in [0.15, 0.2) is 231 Å². The molecule has 0 radical (unpaired) electrons. The molecule has 0 aliphatic heterocycles. The second kappa shape index (κ2) is 15.1. The van der Waals surface area contributed by atoms with E-state index in [1.54, 1.807) is 0 Å². The largest absolute Gasteiger partial charge is 0.311 e. The Labute approximate surface area is 342 Å². The van der Waals surface area contributed by atoms with Crippen LogP contribution < -0.4 is 9.80 Å². The maximum absolute atomic E-state index is 4.48. The molecular weight excluding hydrogens is 701 g/mol. The van der Waals surface area contributed by atoms with Crippen LogP contribution in [0.3, 0.4) is 0 Å². The molecule has 0 spiro atoms. The molecular formula is C56H44N2. The van der Waals surface area contributed by atoms with Crippen LogP contribution in [0.5, 0.6) is 0 Å². The fourth-order valence-corrected chi connectivity index (χ4v) is 9.36. The Kier molecular flexibility index (Phi) is 9.16. The smallest absolute Gasteiger partial charge is 0.0715 e. The fraction of sp³-hybridized carbons (Fsp3) is 0.0714. The number of hydrogen-bond acceptors (Lipinski definition) is 2. The molecule has 0 fully saturated rings. The lowest BCUT2D eigenvalue weighted by Crippen LogP contribution is -2.29. The van der Waals surface area contributed by atoms with Gasteiger partial charge in [0.25, 0.3) is 0 Å². The number of hydrogen-bond donors (Lipinski definition) is 0. The summed E-state index contributed by atoms with van der Waals surface area (Å²) in [6.45, 7) is 4.48. The molecule has 2 heteroatoms. The van der Waals surface area contributed by atoms with Crippen molar-refractivity contribution in [3.63, 3.8) is 0 Å². The molecule has 0 saturated heterocycles. The SMILES string of the molecule is C=C1/C=C\C=C/Cc2cc(C3(c4ccccc4)c4ccccc4-c4c(N(c5ccccc5)c5ccccc5)cc(N(C5=CCCC=C5)c5ccccc5)cc43)ccc21. The number of benzene rings is 7. The minimum absolute atomic E-state index is 0.644. The summed E-state index contributed by atoms with van der Waals surface area (Å²) in [5.41, 5.74) is 17.1. The summed E-state index contributed by atoms with van der Waals surface area (Å²) in [5, 5.41) is 0. The van der Waals surface area contributed by atoms with Crippen molar-refractivity contribution in [3.05, 3.63) is 264 Å². The second-order valence-electron chi connectivity index (χ2n) is 15.2. The standard InChI is InChI=1S/C56H44N2/c1-41-22-8-2-9-23-42-38-44(36-37-50(41)42)56(43-24-10-3-11-25-43)52-35-21-20-34-51(52)55-53(56)39-49(57(45-26-12-4-13-27-45)46-28-14-5-15-29-46)40-54(55)58(47-30-16-6-17-31-47)48-32-18-7-19-33-48/h2-4,6-14,16-22,24-40H,1,5,15,23H2/b9-2-,22-8-. The van der Waals surface area contributed by atoms with Gasteiger partial charge < -0.3 is 9.80 Å². The van der Waals surface area contributed by atoms with E-state index in [9.17, 15) is 0 Å². The van der Waals surface area contributed by atoms with Crippen molar-refractivity contribution < 1.29 is 0 Å². The van der Waals surface area contributed by atoms with E-state index < -0.39 is 5.41 Å². The molecule has 0 N–H and O–H groups in total. The van der Waals surface area contributed by atoms with Gasteiger partial charge in [-0.15, -0.1) is 0 Å². The Morgan fingerprint density at radius 1 is 0.466 bits per heavy atom. The molecule has 58 heavy (non-hydrogen) atoms. The zero-order valence-corrected chi connectivity index (χ0v) is 32.5. The molecule has 3 aliphatic carbocycles. The maximum atomic E-state index is 4.48. The minimum Gasteiger partial charge on any atom is -0.311 e. The summed E-state index contributed by atoms with van der Waals surface area (Å²) in [5.74, 6) is 0. The third-order valence-electron chi connectivity index (χ3n) is 11.9. The quantitative estimate of drug-likeness (QED) is 0.153. The van der Waals surface area contributed by atoms with E-state index in [1.807, 2.05) is 0 Å². The van der Waals surface area contributed by atoms with Gasteiger partial charge in [-0.05, 0) is 118 Å². The van der Waals surface area contributed by atoms with E-state index >= 15 is 0 Å². The van der Waals surface area contributed by atoms with Crippen LogP contribution in [0.4, 0.5) is 28.4 Å². The van der Waals surface area contributed by atoms with Crippen LogP contribution in [-0.2, 0) is 11.8 Å². The normalized spacial score (nSPS) is 17.5. The number of rotatable bonds is 8. The van der Waals surface area contributed by atoms with Gasteiger partial charge in [0.2, 0.25) is 0 Å². The van der Waals surface area contributed by atoms with Gasteiger partial charge in [-0.1, -0.05) is 170 Å². The van der Waals surface area contributed by atoms with Crippen molar-refractivity contribution in [2.45, 2.75) is 24.7 Å². The monoisotopic (exact) mass is 744 g/mol. The number of allylic oxidation sites excluding steroid dienone is 8. The van der Waals surface area contributed by atoms with Crippen molar-refractivity contribution in [1.82, 2.24) is 0 Å². The molecule has 10 rings (SSSR count). The highest BCUT2D eigenvalue weighted by Gasteiger charge is 2.48. The average molecular weight is 745 g/mol. The first-order valence-electron chi connectivity index (χ1n) is 20.3. The number of fused-ring (bicyclic) bond motifs is 4. The van der Waals surface area contributed by atoms with Gasteiger partial charge in [0, 0.05) is 34.0 Å². The number of anilines is 5. The van der Waals surface area contributed by atoms with Gasteiger partial charge >= 0.3 is 0 Å². The van der Waals surface area contributed by atoms with Crippen molar-refractivity contribution in [3.8, 4) is 11.1 Å². The van der Waals surface area contributed by atoms with Gasteiger partial charge in [0.1, 0.15) is 0 Å². The molecule has 0 bridgehead atoms. The van der Waals surface area contributed by atoms with Crippen LogP contribution in [0.1, 0.15) is 46.2 Å². The number of para-hydroxylation sites is 3. The molecule has 278 valence electrons. The molecule has 1 unspecified atom stereocenters. The minimum atomic E-state index is -0.644. The third kappa shape index (κ3) is 5.97.